The lowest BCUT2D eigenvalue weighted by Gasteiger charge is -2.25. The molecule has 216 valence electrons. The summed E-state index contributed by atoms with van der Waals surface area (Å²) in [6.45, 7) is 0. The second-order valence-electron chi connectivity index (χ2n) is 9.62. The molecule has 2 heterocycles. The lowest BCUT2D eigenvalue weighted by atomic mass is 10.0. The number of benzene rings is 2. The van der Waals surface area contributed by atoms with Crippen LogP contribution in [0.2, 0.25) is 0 Å². The Morgan fingerprint density at radius 3 is 1.59 bits per heavy atom. The number of H-pyrrole nitrogens is 2. The van der Waals surface area contributed by atoms with Gasteiger partial charge in [-0.05, 0) is 23.3 Å². The molecule has 4 rings (SSSR count). The molecule has 3 amide bonds. The highest BCUT2D eigenvalue weighted by Crippen LogP contribution is 2.21. The molecule has 0 fully saturated rings. The van der Waals surface area contributed by atoms with Gasteiger partial charge in [-0.15, -0.1) is 0 Å². The summed E-state index contributed by atoms with van der Waals surface area (Å²) in [5.74, 6) is -3.23. The first-order valence-electron chi connectivity index (χ1n) is 12.9. The fraction of sp³-hybridized carbons (Fsp3) is 0.286. The maximum atomic E-state index is 13.7. The Bertz CT molecular complexity index is 1550. The Morgan fingerprint density at radius 2 is 1.15 bits per heavy atom. The van der Waals surface area contributed by atoms with Gasteiger partial charge in [0.2, 0.25) is 17.7 Å². The molecule has 0 spiro atoms. The molecule has 11 nitrogen and oxygen atoms in total. The maximum absolute atomic E-state index is 13.7. The topological polar surface area (TPSA) is 182 Å². The Hall–Kier alpha value is -3.94. The van der Waals surface area contributed by atoms with E-state index in [-0.39, 0.29) is 24.3 Å². The van der Waals surface area contributed by atoms with E-state index in [1.54, 1.807) is 12.4 Å². The average Bonchev–Trinajstić information content (AvgIpc) is 3.58. The Balaban J connectivity index is 1.63. The van der Waals surface area contributed by atoms with Crippen LogP contribution < -0.4 is 21.7 Å². The van der Waals surface area contributed by atoms with E-state index in [4.69, 9.17) is 5.73 Å². The van der Waals surface area contributed by atoms with Crippen LogP contribution in [0.15, 0.2) is 60.9 Å². The number of carboxylic acids is 1. The molecule has 0 saturated carbocycles. The number of carbonyl (C=O) groups is 4. The van der Waals surface area contributed by atoms with Gasteiger partial charge in [0.1, 0.15) is 18.1 Å². The number of carboxylic acid groups (broad SMARTS) is 1. The second kappa shape index (κ2) is 13.6. The molecule has 0 bridgehead atoms. The zero-order chi connectivity index (χ0) is 29.5. The molecule has 13 heteroatoms. The Morgan fingerprint density at radius 1 is 0.707 bits per heavy atom. The first-order chi connectivity index (χ1) is 19.7. The van der Waals surface area contributed by atoms with Crippen molar-refractivity contribution in [1.29, 1.82) is 0 Å². The van der Waals surface area contributed by atoms with Crippen LogP contribution in [0.1, 0.15) is 11.1 Å². The molecule has 4 atom stereocenters. The summed E-state index contributed by atoms with van der Waals surface area (Å²) in [5, 5.41) is 19.1. The first kappa shape index (κ1) is 30.0. The lowest BCUT2D eigenvalue weighted by Crippen LogP contribution is -2.58. The number of thiol groups is 2. The Labute approximate surface area is 246 Å². The lowest BCUT2D eigenvalue weighted by molar-refractivity contribution is -0.141. The number of nitrogens with two attached hydrogens (primary N) is 1. The number of fused-ring (bicyclic) bond motifs is 2. The van der Waals surface area contributed by atoms with Crippen molar-refractivity contribution in [2.75, 3.05) is 11.5 Å². The highest BCUT2D eigenvalue weighted by Gasteiger charge is 2.31. The third kappa shape index (κ3) is 7.23. The number of para-hydroxylation sites is 2. The number of hydrogen-bond donors (Lipinski definition) is 9. The number of aromatic nitrogens is 2. The second-order valence-corrected chi connectivity index (χ2v) is 10.4. The van der Waals surface area contributed by atoms with Crippen molar-refractivity contribution in [3.63, 3.8) is 0 Å². The van der Waals surface area contributed by atoms with Crippen molar-refractivity contribution in [3.05, 3.63) is 72.1 Å². The molecule has 0 aliphatic carbocycles. The van der Waals surface area contributed by atoms with Gasteiger partial charge >= 0.3 is 5.97 Å². The molecular weight excluding hydrogens is 564 g/mol. The van der Waals surface area contributed by atoms with Gasteiger partial charge < -0.3 is 36.8 Å². The number of hydrogen-bond acceptors (Lipinski definition) is 7. The molecule has 0 aliphatic rings. The van der Waals surface area contributed by atoms with Gasteiger partial charge in [-0.3, -0.25) is 14.4 Å². The highest BCUT2D eigenvalue weighted by molar-refractivity contribution is 7.80. The van der Waals surface area contributed by atoms with E-state index in [2.05, 4.69) is 51.2 Å². The molecular formula is C28H32N6O5S2. The molecule has 0 unspecified atom stereocenters. The average molecular weight is 597 g/mol. The summed E-state index contributed by atoms with van der Waals surface area (Å²) in [6, 6.07) is 10.6. The third-order valence-corrected chi connectivity index (χ3v) is 7.55. The van der Waals surface area contributed by atoms with Crippen molar-refractivity contribution in [2.45, 2.75) is 37.0 Å². The van der Waals surface area contributed by atoms with Gasteiger partial charge in [-0.2, -0.15) is 25.3 Å². The fourth-order valence-corrected chi connectivity index (χ4v) is 4.96. The summed E-state index contributed by atoms with van der Waals surface area (Å²) < 4.78 is 0. The van der Waals surface area contributed by atoms with Crippen LogP contribution in [0.25, 0.3) is 21.8 Å². The van der Waals surface area contributed by atoms with Crippen molar-refractivity contribution < 1.29 is 24.3 Å². The largest absolute Gasteiger partial charge is 0.480 e. The van der Waals surface area contributed by atoms with Crippen LogP contribution >= 0.6 is 25.3 Å². The summed E-state index contributed by atoms with van der Waals surface area (Å²) in [4.78, 5) is 57.7. The molecule has 2 aromatic carbocycles. The van der Waals surface area contributed by atoms with Gasteiger partial charge in [-0.25, -0.2) is 4.79 Å². The molecule has 41 heavy (non-hydrogen) atoms. The van der Waals surface area contributed by atoms with Gasteiger partial charge in [0.05, 0.1) is 6.04 Å². The summed E-state index contributed by atoms with van der Waals surface area (Å²) >= 11 is 8.11. The number of rotatable bonds is 13. The number of aliphatic carboxylic acids is 1. The van der Waals surface area contributed by atoms with Crippen molar-refractivity contribution >= 4 is 70.8 Å². The van der Waals surface area contributed by atoms with Crippen molar-refractivity contribution in [2.24, 2.45) is 5.73 Å². The third-order valence-electron chi connectivity index (χ3n) is 6.79. The zero-order valence-electron chi connectivity index (χ0n) is 22.0. The minimum atomic E-state index is -1.26. The number of amides is 3. The normalized spacial score (nSPS) is 14.2. The van der Waals surface area contributed by atoms with Crippen LogP contribution in [-0.4, -0.2) is 74.4 Å². The number of carbonyl (C=O) groups excluding carboxylic acids is 3. The Kier molecular flexibility index (Phi) is 9.97. The van der Waals surface area contributed by atoms with Crippen LogP contribution in [0.5, 0.6) is 0 Å². The van der Waals surface area contributed by atoms with E-state index in [1.165, 1.54) is 0 Å². The number of aromatic amines is 2. The zero-order valence-corrected chi connectivity index (χ0v) is 23.8. The van der Waals surface area contributed by atoms with Crippen molar-refractivity contribution in [3.8, 4) is 0 Å². The molecule has 0 radical (unpaired) electrons. The summed E-state index contributed by atoms with van der Waals surface area (Å²) in [5.41, 5.74) is 9.09. The van der Waals surface area contributed by atoms with Crippen LogP contribution in [0.4, 0.5) is 0 Å². The van der Waals surface area contributed by atoms with Gasteiger partial charge in [0.25, 0.3) is 0 Å². The van der Waals surface area contributed by atoms with Crippen LogP contribution in [0.3, 0.4) is 0 Å². The number of nitrogens with one attached hydrogen (secondary N) is 5. The standard InChI is InChI=1S/C28H32N6O5S2/c29-19(13-40)25(35)32-22(9-15-11-30-20-7-3-1-5-17(15)20)26(36)33-23(27(37)34-24(14-41)28(38)39)10-16-12-31-21-8-4-2-6-18(16)21/h1-8,11-12,19,22-24,30-31,40-41H,9-10,13-14,29H2,(H,32,35)(H,33,36)(H,34,37)(H,38,39)/t19-,22-,23-,24-/m0/s1. The minimum Gasteiger partial charge on any atom is -0.480 e. The van der Waals surface area contributed by atoms with E-state index < -0.39 is 47.9 Å². The van der Waals surface area contributed by atoms with E-state index >= 15 is 0 Å². The van der Waals surface area contributed by atoms with E-state index in [9.17, 15) is 24.3 Å². The summed E-state index contributed by atoms with van der Waals surface area (Å²) in [7, 11) is 0. The molecule has 0 saturated heterocycles. The molecule has 4 aromatic rings. The summed E-state index contributed by atoms with van der Waals surface area (Å²) in [6.07, 6.45) is 3.67. The monoisotopic (exact) mass is 596 g/mol. The molecule has 2 aromatic heterocycles. The molecule has 8 N–H and O–H groups in total. The van der Waals surface area contributed by atoms with E-state index in [0.717, 1.165) is 32.9 Å². The maximum Gasteiger partial charge on any atom is 0.327 e. The van der Waals surface area contributed by atoms with Crippen molar-refractivity contribution in [1.82, 2.24) is 25.9 Å². The van der Waals surface area contributed by atoms with E-state index in [0.29, 0.717) is 0 Å². The SMILES string of the molecule is N[C@@H](CS)C(=O)N[C@@H](Cc1c[nH]c2ccccc12)C(=O)N[C@@H](Cc1c[nH]c2ccccc12)C(=O)N[C@@H](CS)C(=O)O. The molecule has 0 aliphatic heterocycles. The quantitative estimate of drug-likeness (QED) is 0.104. The van der Waals surface area contributed by atoms with Gasteiger partial charge in [0.15, 0.2) is 0 Å². The van der Waals surface area contributed by atoms with Crippen LogP contribution in [0, 0.1) is 0 Å². The highest BCUT2D eigenvalue weighted by atomic mass is 32.1. The van der Waals surface area contributed by atoms with E-state index in [1.807, 2.05) is 48.5 Å². The van der Waals surface area contributed by atoms with Crippen LogP contribution in [-0.2, 0) is 32.0 Å². The van der Waals surface area contributed by atoms with Gasteiger partial charge in [-0.1, -0.05) is 36.4 Å². The van der Waals surface area contributed by atoms with Gasteiger partial charge in [0, 0.05) is 58.5 Å². The minimum absolute atomic E-state index is 0.0599. The predicted octanol–water partition coefficient (Wildman–Crippen LogP) is 1.16. The first-order valence-corrected chi connectivity index (χ1v) is 14.2. The smallest absolute Gasteiger partial charge is 0.327 e. The fourth-order valence-electron chi connectivity index (χ4n) is 4.55. The predicted molar refractivity (Wildman–Crippen MR) is 163 cm³/mol.